The summed E-state index contributed by atoms with van der Waals surface area (Å²) >= 11 is 1.46. The molecular formula is C26H31N3O2S. The number of thioether (sulfide) groups is 1. The molecule has 0 bridgehead atoms. The van der Waals surface area contributed by atoms with E-state index >= 15 is 0 Å². The fraction of sp³-hybridized carbons (Fsp3) is 0.385. The second-order valence-corrected chi connectivity index (χ2v) is 9.65. The lowest BCUT2D eigenvalue weighted by atomic mass is 9.94. The Morgan fingerprint density at radius 2 is 1.88 bits per heavy atom. The van der Waals surface area contributed by atoms with Gasteiger partial charge in [0, 0.05) is 23.0 Å². The fourth-order valence-electron chi connectivity index (χ4n) is 4.32. The van der Waals surface area contributed by atoms with Gasteiger partial charge in [0.05, 0.1) is 10.6 Å². The van der Waals surface area contributed by atoms with E-state index in [4.69, 9.17) is 0 Å². The minimum Gasteiger partial charge on any atom is -0.352 e. The first kappa shape index (κ1) is 22.6. The first-order chi connectivity index (χ1) is 15.6. The van der Waals surface area contributed by atoms with E-state index in [1.165, 1.54) is 43.9 Å². The molecule has 4 rings (SSSR count). The molecular weight excluding hydrogens is 418 g/mol. The summed E-state index contributed by atoms with van der Waals surface area (Å²) in [4.78, 5) is 29.0. The van der Waals surface area contributed by atoms with Crippen molar-refractivity contribution >= 4 is 35.3 Å². The summed E-state index contributed by atoms with van der Waals surface area (Å²) in [6.45, 7) is 1.69. The normalized spacial score (nSPS) is 17.8. The van der Waals surface area contributed by atoms with E-state index in [0.717, 1.165) is 29.1 Å². The van der Waals surface area contributed by atoms with E-state index in [2.05, 4.69) is 22.6 Å². The topological polar surface area (TPSA) is 61.4 Å². The number of hydrogen-bond acceptors (Lipinski definition) is 4. The van der Waals surface area contributed by atoms with E-state index in [0.29, 0.717) is 23.1 Å². The SMILES string of the molecule is CN(CCCNC(=O)c1ccc(/C=C2/Sc3ccccc3NC2=O)cc1)C1CCCCC1. The van der Waals surface area contributed by atoms with Crippen molar-refractivity contribution in [3.63, 3.8) is 0 Å². The molecule has 0 spiro atoms. The Kier molecular flexibility index (Phi) is 7.66. The van der Waals surface area contributed by atoms with Gasteiger partial charge in [-0.2, -0.15) is 0 Å². The van der Waals surface area contributed by atoms with Gasteiger partial charge in [0.2, 0.25) is 0 Å². The summed E-state index contributed by atoms with van der Waals surface area (Å²) in [5.74, 6) is -0.156. The monoisotopic (exact) mass is 449 g/mol. The number of nitrogens with zero attached hydrogens (tertiary/aromatic N) is 1. The van der Waals surface area contributed by atoms with Gasteiger partial charge >= 0.3 is 0 Å². The van der Waals surface area contributed by atoms with Crippen LogP contribution in [0.25, 0.3) is 6.08 Å². The predicted octanol–water partition coefficient (Wildman–Crippen LogP) is 5.16. The highest BCUT2D eigenvalue weighted by Crippen LogP contribution is 2.38. The van der Waals surface area contributed by atoms with Crippen molar-refractivity contribution in [1.29, 1.82) is 0 Å². The third kappa shape index (κ3) is 5.81. The van der Waals surface area contributed by atoms with Gasteiger partial charge in [-0.1, -0.05) is 55.3 Å². The molecule has 168 valence electrons. The van der Waals surface area contributed by atoms with Crippen LogP contribution in [0.5, 0.6) is 0 Å². The Labute approximate surface area is 194 Å². The Morgan fingerprint density at radius 1 is 1.12 bits per heavy atom. The molecule has 2 amide bonds. The molecule has 6 heteroatoms. The zero-order chi connectivity index (χ0) is 22.3. The zero-order valence-corrected chi connectivity index (χ0v) is 19.4. The van der Waals surface area contributed by atoms with Crippen LogP contribution in [0.1, 0.15) is 54.4 Å². The standard InChI is InChI=1S/C26H31N3O2S/c1-29(21-8-3-2-4-9-21)17-7-16-27-25(30)20-14-12-19(13-15-20)18-24-26(31)28-22-10-5-6-11-23(22)32-24/h5-6,10-15,18,21H,2-4,7-9,16-17H2,1H3,(H,27,30)(H,28,31)/b24-18+. The number of benzene rings is 2. The molecule has 0 radical (unpaired) electrons. The summed E-state index contributed by atoms with van der Waals surface area (Å²) in [6, 6.07) is 15.9. The summed E-state index contributed by atoms with van der Waals surface area (Å²) in [7, 11) is 2.20. The molecule has 32 heavy (non-hydrogen) atoms. The first-order valence-electron chi connectivity index (χ1n) is 11.5. The second kappa shape index (κ2) is 10.8. The van der Waals surface area contributed by atoms with Crippen LogP contribution in [-0.2, 0) is 4.79 Å². The van der Waals surface area contributed by atoms with E-state index in [9.17, 15) is 9.59 Å². The Morgan fingerprint density at radius 3 is 2.66 bits per heavy atom. The minimum atomic E-state index is -0.103. The van der Waals surface area contributed by atoms with Gasteiger partial charge < -0.3 is 15.5 Å². The van der Waals surface area contributed by atoms with Crippen LogP contribution in [0.3, 0.4) is 0 Å². The third-order valence-corrected chi connectivity index (χ3v) is 7.32. The van der Waals surface area contributed by atoms with Crippen molar-refractivity contribution in [3.8, 4) is 0 Å². The number of fused-ring (bicyclic) bond motifs is 1. The smallest absolute Gasteiger partial charge is 0.262 e. The highest BCUT2D eigenvalue weighted by atomic mass is 32.2. The van der Waals surface area contributed by atoms with E-state index in [-0.39, 0.29) is 11.8 Å². The number of rotatable bonds is 7. The Balaban J connectivity index is 1.26. The molecule has 1 aliphatic carbocycles. The predicted molar refractivity (Wildman–Crippen MR) is 132 cm³/mol. The molecule has 1 fully saturated rings. The summed E-state index contributed by atoms with van der Waals surface area (Å²) in [5.41, 5.74) is 2.38. The molecule has 0 aromatic heterocycles. The second-order valence-electron chi connectivity index (χ2n) is 8.56. The van der Waals surface area contributed by atoms with E-state index in [1.54, 1.807) is 0 Å². The molecule has 5 nitrogen and oxygen atoms in total. The van der Waals surface area contributed by atoms with Crippen LogP contribution < -0.4 is 10.6 Å². The quantitative estimate of drug-likeness (QED) is 0.453. The number of nitrogens with one attached hydrogen (secondary N) is 2. The van der Waals surface area contributed by atoms with Crippen LogP contribution in [0.15, 0.2) is 58.3 Å². The van der Waals surface area contributed by atoms with Gasteiger partial charge in [0.25, 0.3) is 11.8 Å². The van der Waals surface area contributed by atoms with Crippen molar-refractivity contribution < 1.29 is 9.59 Å². The molecule has 2 aliphatic rings. The molecule has 0 saturated heterocycles. The maximum atomic E-state index is 12.5. The van der Waals surface area contributed by atoms with Gasteiger partial charge in [-0.3, -0.25) is 9.59 Å². The molecule has 1 aliphatic heterocycles. The van der Waals surface area contributed by atoms with Crippen molar-refractivity contribution in [1.82, 2.24) is 10.2 Å². The van der Waals surface area contributed by atoms with Crippen LogP contribution in [0.2, 0.25) is 0 Å². The lowest BCUT2D eigenvalue weighted by molar-refractivity contribution is -0.112. The molecule has 1 saturated carbocycles. The van der Waals surface area contributed by atoms with Crippen LogP contribution in [0, 0.1) is 0 Å². The van der Waals surface area contributed by atoms with Crippen molar-refractivity contribution in [3.05, 3.63) is 64.6 Å². The maximum absolute atomic E-state index is 12.5. The molecule has 2 aromatic carbocycles. The van der Waals surface area contributed by atoms with E-state index < -0.39 is 0 Å². The number of carbonyl (C=O) groups is 2. The van der Waals surface area contributed by atoms with Crippen molar-refractivity contribution in [2.75, 3.05) is 25.5 Å². The largest absolute Gasteiger partial charge is 0.352 e. The summed E-state index contributed by atoms with van der Waals surface area (Å²) in [6.07, 6.45) is 9.48. The van der Waals surface area contributed by atoms with Crippen molar-refractivity contribution in [2.24, 2.45) is 0 Å². The van der Waals surface area contributed by atoms with Crippen LogP contribution in [-0.4, -0.2) is 42.9 Å². The third-order valence-electron chi connectivity index (χ3n) is 6.22. The molecule has 0 unspecified atom stereocenters. The van der Waals surface area contributed by atoms with Gasteiger partial charge in [0.1, 0.15) is 0 Å². The molecule has 0 atom stereocenters. The first-order valence-corrected chi connectivity index (χ1v) is 12.3. The van der Waals surface area contributed by atoms with Gasteiger partial charge in [-0.25, -0.2) is 0 Å². The van der Waals surface area contributed by atoms with E-state index in [1.807, 2.05) is 54.6 Å². The van der Waals surface area contributed by atoms with Gasteiger partial charge in [0.15, 0.2) is 0 Å². The highest BCUT2D eigenvalue weighted by Gasteiger charge is 2.20. The lowest BCUT2D eigenvalue weighted by Gasteiger charge is -2.31. The average Bonchev–Trinajstić information content (AvgIpc) is 2.83. The molecule has 1 heterocycles. The Bertz CT molecular complexity index is 981. The number of para-hydroxylation sites is 1. The minimum absolute atomic E-state index is 0.0526. The highest BCUT2D eigenvalue weighted by molar-refractivity contribution is 8.04. The number of anilines is 1. The molecule has 2 N–H and O–H groups in total. The molecule has 2 aromatic rings. The van der Waals surface area contributed by atoms with Crippen molar-refractivity contribution in [2.45, 2.75) is 49.5 Å². The number of amides is 2. The summed E-state index contributed by atoms with van der Waals surface area (Å²) in [5, 5.41) is 5.95. The average molecular weight is 450 g/mol. The zero-order valence-electron chi connectivity index (χ0n) is 18.6. The van der Waals surface area contributed by atoms with Crippen LogP contribution in [0.4, 0.5) is 5.69 Å². The Hall–Kier alpha value is -2.57. The summed E-state index contributed by atoms with van der Waals surface area (Å²) < 4.78 is 0. The lowest BCUT2D eigenvalue weighted by Crippen LogP contribution is -2.35. The fourth-order valence-corrected chi connectivity index (χ4v) is 5.27. The number of hydrogen-bond donors (Lipinski definition) is 2. The maximum Gasteiger partial charge on any atom is 0.262 e. The number of carbonyl (C=O) groups excluding carboxylic acids is 2. The van der Waals surface area contributed by atoms with Gasteiger partial charge in [-0.05, 0) is 68.8 Å². The van der Waals surface area contributed by atoms with Gasteiger partial charge in [-0.15, -0.1) is 0 Å². The van der Waals surface area contributed by atoms with Crippen LogP contribution >= 0.6 is 11.8 Å².